The van der Waals surface area contributed by atoms with Crippen LogP contribution in [0.15, 0.2) is 49.1 Å². The van der Waals surface area contributed by atoms with Crippen molar-refractivity contribution in [2.24, 2.45) is 5.41 Å². The number of aromatic nitrogens is 4. The maximum atomic E-state index is 5.40. The van der Waals surface area contributed by atoms with Crippen LogP contribution in [0.3, 0.4) is 0 Å². The summed E-state index contributed by atoms with van der Waals surface area (Å²) in [4.78, 5) is 2.33. The molecule has 1 fully saturated rings. The predicted octanol–water partition coefficient (Wildman–Crippen LogP) is 5.01. The molecule has 0 bridgehead atoms. The minimum atomic E-state index is -0.103. The van der Waals surface area contributed by atoms with E-state index in [0.717, 1.165) is 55.3 Å². The van der Waals surface area contributed by atoms with Crippen LogP contribution in [0.25, 0.3) is 17.0 Å². The van der Waals surface area contributed by atoms with E-state index in [4.69, 9.17) is 11.5 Å². The van der Waals surface area contributed by atoms with Gasteiger partial charge in [-0.05, 0) is 44.8 Å². The molecule has 1 aliphatic rings. The lowest BCUT2D eigenvalue weighted by Crippen LogP contribution is -2.38. The van der Waals surface area contributed by atoms with E-state index in [1.54, 1.807) is 0 Å². The van der Waals surface area contributed by atoms with E-state index < -0.39 is 0 Å². The summed E-state index contributed by atoms with van der Waals surface area (Å²) >= 11 is 0. The topological polar surface area (TPSA) is 58.4 Å². The van der Waals surface area contributed by atoms with Crippen LogP contribution in [-0.2, 0) is 0 Å². The van der Waals surface area contributed by atoms with Crippen molar-refractivity contribution >= 4 is 11.5 Å². The lowest BCUT2D eigenvalue weighted by Gasteiger charge is -2.33. The minimum absolute atomic E-state index is 0.103. The Morgan fingerprint density at radius 3 is 2.76 bits per heavy atom. The Morgan fingerprint density at radius 1 is 1.30 bits per heavy atom. The van der Waals surface area contributed by atoms with Crippen LogP contribution in [0.5, 0.6) is 0 Å². The molecule has 0 amide bonds. The largest absolute Gasteiger partial charge is 0.367 e. The smallest absolute Gasteiger partial charge is 0.185 e. The molecule has 0 saturated heterocycles. The van der Waals surface area contributed by atoms with Gasteiger partial charge in [-0.15, -0.1) is 34.2 Å². The molecule has 2 aromatic heterocycles. The number of nitrogens with one attached hydrogen (secondary N) is 1. The van der Waals surface area contributed by atoms with E-state index in [-0.39, 0.29) is 5.41 Å². The van der Waals surface area contributed by atoms with Crippen LogP contribution >= 0.6 is 0 Å². The van der Waals surface area contributed by atoms with Crippen LogP contribution in [-0.4, -0.2) is 51.4 Å². The molecule has 6 heteroatoms. The normalized spacial score (nSPS) is 15.7. The highest BCUT2D eigenvalue weighted by Gasteiger charge is 2.27. The molecule has 4 rings (SSSR count). The number of hydrogen-bond acceptors (Lipinski definition) is 5. The van der Waals surface area contributed by atoms with Gasteiger partial charge < -0.3 is 10.2 Å². The van der Waals surface area contributed by atoms with Gasteiger partial charge in [-0.3, -0.25) is 0 Å². The zero-order chi connectivity index (χ0) is 23.3. The molecule has 1 aliphatic carbocycles. The Balaban J connectivity index is 1.58. The molecule has 0 aliphatic heterocycles. The van der Waals surface area contributed by atoms with Crippen molar-refractivity contribution in [1.82, 2.24) is 24.7 Å². The third-order valence-corrected chi connectivity index (χ3v) is 6.64. The second kappa shape index (κ2) is 10.2. The maximum Gasteiger partial charge on any atom is 0.185 e. The Kier molecular flexibility index (Phi) is 7.10. The van der Waals surface area contributed by atoms with Gasteiger partial charge in [0.2, 0.25) is 0 Å². The van der Waals surface area contributed by atoms with Gasteiger partial charge in [-0.2, -0.15) is 4.52 Å². The molecule has 0 radical (unpaired) electrons. The quantitative estimate of drug-likeness (QED) is 0.257. The molecule has 3 aromatic rings. The van der Waals surface area contributed by atoms with Gasteiger partial charge in [0.05, 0.1) is 0 Å². The summed E-state index contributed by atoms with van der Waals surface area (Å²) < 4.78 is 1.86. The number of rotatable bonds is 11. The first-order valence-corrected chi connectivity index (χ1v) is 11.8. The molecular formula is C27H34N6. The van der Waals surface area contributed by atoms with Gasteiger partial charge in [0.15, 0.2) is 17.3 Å². The molecule has 1 unspecified atom stereocenters. The number of fused-ring (bicyclic) bond motifs is 1. The molecule has 2 heterocycles. The van der Waals surface area contributed by atoms with E-state index in [9.17, 15) is 0 Å². The Labute approximate surface area is 197 Å². The van der Waals surface area contributed by atoms with Crippen molar-refractivity contribution in [3.8, 4) is 23.7 Å². The molecule has 1 atom stereocenters. The van der Waals surface area contributed by atoms with Crippen molar-refractivity contribution in [1.29, 1.82) is 0 Å². The third kappa shape index (κ3) is 5.26. The van der Waals surface area contributed by atoms with Crippen molar-refractivity contribution in [2.75, 3.05) is 32.0 Å². The van der Waals surface area contributed by atoms with Crippen molar-refractivity contribution < 1.29 is 0 Å². The SMILES string of the molecule is C#CCCCN(C)CC(C)(C=C)CNc1nn2c(-c3ccccc3)nnc2cc1C1CCC1. The number of nitrogens with zero attached hydrogens (tertiary/aromatic N) is 5. The first kappa shape index (κ1) is 23.0. The second-order valence-electron chi connectivity index (χ2n) is 9.49. The van der Waals surface area contributed by atoms with Crippen LogP contribution in [0.2, 0.25) is 0 Å². The number of terminal acetylenes is 1. The second-order valence-corrected chi connectivity index (χ2v) is 9.49. The van der Waals surface area contributed by atoms with E-state index in [2.05, 4.69) is 53.0 Å². The zero-order valence-corrected chi connectivity index (χ0v) is 19.8. The van der Waals surface area contributed by atoms with Crippen LogP contribution < -0.4 is 5.32 Å². The Morgan fingerprint density at radius 2 is 2.09 bits per heavy atom. The lowest BCUT2D eigenvalue weighted by molar-refractivity contribution is 0.243. The lowest BCUT2D eigenvalue weighted by atomic mass is 9.80. The van der Waals surface area contributed by atoms with Gasteiger partial charge in [0, 0.05) is 36.1 Å². The van der Waals surface area contributed by atoms with Gasteiger partial charge in [-0.1, -0.05) is 49.8 Å². The molecule has 1 aromatic carbocycles. The van der Waals surface area contributed by atoms with Gasteiger partial charge in [0.25, 0.3) is 0 Å². The van der Waals surface area contributed by atoms with Crippen LogP contribution in [0.4, 0.5) is 5.82 Å². The molecule has 1 N–H and O–H groups in total. The average molecular weight is 443 g/mol. The van der Waals surface area contributed by atoms with Crippen molar-refractivity contribution in [3.05, 3.63) is 54.6 Å². The van der Waals surface area contributed by atoms with Crippen molar-refractivity contribution in [3.63, 3.8) is 0 Å². The van der Waals surface area contributed by atoms with Gasteiger partial charge in [0.1, 0.15) is 0 Å². The van der Waals surface area contributed by atoms with Crippen LogP contribution in [0, 0.1) is 17.8 Å². The first-order chi connectivity index (χ1) is 16.0. The highest BCUT2D eigenvalue weighted by molar-refractivity contribution is 5.61. The summed E-state index contributed by atoms with van der Waals surface area (Å²) in [5.74, 6) is 4.94. The average Bonchev–Trinajstić information content (AvgIpc) is 3.20. The molecule has 6 nitrogen and oxygen atoms in total. The summed E-state index contributed by atoms with van der Waals surface area (Å²) in [7, 11) is 2.14. The van der Waals surface area contributed by atoms with E-state index >= 15 is 0 Å². The number of unbranched alkanes of at least 4 members (excludes halogenated alkanes) is 1. The summed E-state index contributed by atoms with van der Waals surface area (Å²) in [5.41, 5.74) is 2.94. The first-order valence-electron chi connectivity index (χ1n) is 11.8. The van der Waals surface area contributed by atoms with Crippen LogP contribution in [0.1, 0.15) is 50.5 Å². The standard InChI is InChI=1S/C27H34N6/c1-5-7-11-17-32(4)20-27(3,6-2)19-28-25-23(21-15-12-16-21)18-24-29-30-26(33(24)31-25)22-13-9-8-10-14-22/h1,6,8-10,13-14,18,21H,2,7,11-12,15-17,19-20H2,3-4H3,(H,28,31). The predicted molar refractivity (Wildman–Crippen MR) is 135 cm³/mol. The van der Waals surface area contributed by atoms with Gasteiger partial charge >= 0.3 is 0 Å². The summed E-state index contributed by atoms with van der Waals surface area (Å²) in [6.07, 6.45) is 12.9. The zero-order valence-electron chi connectivity index (χ0n) is 19.8. The van der Waals surface area contributed by atoms with Gasteiger partial charge in [-0.25, -0.2) is 0 Å². The monoisotopic (exact) mass is 442 g/mol. The maximum absolute atomic E-state index is 5.40. The summed E-state index contributed by atoms with van der Waals surface area (Å²) in [6, 6.07) is 12.3. The molecule has 1 saturated carbocycles. The van der Waals surface area contributed by atoms with E-state index in [0.29, 0.717) is 5.92 Å². The van der Waals surface area contributed by atoms with E-state index in [1.165, 1.54) is 24.8 Å². The fraction of sp³-hybridized carbons (Fsp3) is 0.444. The third-order valence-electron chi connectivity index (χ3n) is 6.64. The Bertz CT molecular complexity index is 1120. The fourth-order valence-corrected chi connectivity index (χ4v) is 4.41. The van der Waals surface area contributed by atoms with E-state index in [1.807, 2.05) is 40.9 Å². The highest BCUT2D eigenvalue weighted by atomic mass is 15.4. The number of hydrogen-bond donors (Lipinski definition) is 1. The molecular weight excluding hydrogens is 408 g/mol. The Hall–Kier alpha value is -3.17. The minimum Gasteiger partial charge on any atom is -0.367 e. The number of benzene rings is 1. The summed E-state index contributed by atoms with van der Waals surface area (Å²) in [6.45, 7) is 8.99. The van der Waals surface area contributed by atoms with Crippen molar-refractivity contribution in [2.45, 2.75) is 44.9 Å². The molecule has 33 heavy (non-hydrogen) atoms. The molecule has 172 valence electrons. The highest BCUT2D eigenvalue weighted by Crippen LogP contribution is 2.40. The fourth-order valence-electron chi connectivity index (χ4n) is 4.41. The number of anilines is 1. The summed E-state index contributed by atoms with van der Waals surface area (Å²) in [5, 5.41) is 17.5. The molecule has 0 spiro atoms.